The highest BCUT2D eigenvalue weighted by Crippen LogP contribution is 2.28. The summed E-state index contributed by atoms with van der Waals surface area (Å²) < 4.78 is 13.2. The average Bonchev–Trinajstić information content (AvgIpc) is 2.42. The molecule has 1 aromatic carbocycles. The Bertz CT molecular complexity index is 415. The summed E-state index contributed by atoms with van der Waals surface area (Å²) in [4.78, 5) is 0. The van der Waals surface area contributed by atoms with Crippen molar-refractivity contribution in [2.24, 2.45) is 5.92 Å². The van der Waals surface area contributed by atoms with Crippen LogP contribution in [0.2, 0.25) is 5.02 Å². The molecule has 0 amide bonds. The van der Waals surface area contributed by atoms with Crippen LogP contribution in [0.15, 0.2) is 18.2 Å². The standard InChI is InChI=1S/C16H23ClFN/c1-11(13-6-4-3-5-7-13)19-12(2)14-8-9-16(18)15(17)10-14/h8-13,19H,3-7H2,1-2H3/t11-,12?/m0/s1. The smallest absolute Gasteiger partial charge is 0.141 e. The zero-order valence-electron chi connectivity index (χ0n) is 11.8. The van der Waals surface area contributed by atoms with Gasteiger partial charge in [-0.25, -0.2) is 4.39 Å². The Morgan fingerprint density at radius 1 is 1.21 bits per heavy atom. The topological polar surface area (TPSA) is 12.0 Å². The quantitative estimate of drug-likeness (QED) is 0.811. The van der Waals surface area contributed by atoms with Gasteiger partial charge in [-0.15, -0.1) is 0 Å². The highest BCUT2D eigenvalue weighted by molar-refractivity contribution is 6.30. The van der Waals surface area contributed by atoms with E-state index in [-0.39, 0.29) is 16.9 Å². The van der Waals surface area contributed by atoms with Gasteiger partial charge in [-0.2, -0.15) is 0 Å². The van der Waals surface area contributed by atoms with E-state index in [1.807, 2.05) is 6.07 Å². The fourth-order valence-electron chi connectivity index (χ4n) is 3.04. The fourth-order valence-corrected chi connectivity index (χ4v) is 3.23. The van der Waals surface area contributed by atoms with Crippen LogP contribution >= 0.6 is 11.6 Å². The van der Waals surface area contributed by atoms with Crippen molar-refractivity contribution in [2.75, 3.05) is 0 Å². The van der Waals surface area contributed by atoms with E-state index in [0.717, 1.165) is 11.5 Å². The van der Waals surface area contributed by atoms with Gasteiger partial charge in [0.1, 0.15) is 5.82 Å². The maximum absolute atomic E-state index is 13.2. The van der Waals surface area contributed by atoms with E-state index in [2.05, 4.69) is 19.2 Å². The summed E-state index contributed by atoms with van der Waals surface area (Å²) >= 11 is 5.84. The van der Waals surface area contributed by atoms with E-state index >= 15 is 0 Å². The van der Waals surface area contributed by atoms with Gasteiger partial charge in [-0.1, -0.05) is 36.9 Å². The van der Waals surface area contributed by atoms with Crippen LogP contribution in [-0.2, 0) is 0 Å². The van der Waals surface area contributed by atoms with Crippen molar-refractivity contribution < 1.29 is 4.39 Å². The van der Waals surface area contributed by atoms with E-state index in [4.69, 9.17) is 11.6 Å². The molecule has 0 saturated heterocycles. The fraction of sp³-hybridized carbons (Fsp3) is 0.625. The van der Waals surface area contributed by atoms with E-state index < -0.39 is 0 Å². The second kappa shape index (κ2) is 6.71. The Labute approximate surface area is 120 Å². The molecule has 1 N–H and O–H groups in total. The third kappa shape index (κ3) is 3.93. The monoisotopic (exact) mass is 283 g/mol. The predicted octanol–water partition coefficient (Wildman–Crippen LogP) is 5.10. The number of hydrogen-bond acceptors (Lipinski definition) is 1. The van der Waals surface area contributed by atoms with Crippen LogP contribution in [0.4, 0.5) is 4.39 Å². The molecule has 0 heterocycles. The Morgan fingerprint density at radius 3 is 2.53 bits per heavy atom. The van der Waals surface area contributed by atoms with Crippen LogP contribution in [-0.4, -0.2) is 6.04 Å². The summed E-state index contributed by atoms with van der Waals surface area (Å²) in [5, 5.41) is 3.84. The lowest BCUT2D eigenvalue weighted by molar-refractivity contribution is 0.268. The molecule has 0 radical (unpaired) electrons. The molecule has 1 nitrogen and oxygen atoms in total. The highest BCUT2D eigenvalue weighted by Gasteiger charge is 2.21. The van der Waals surface area contributed by atoms with Crippen LogP contribution in [0.5, 0.6) is 0 Å². The average molecular weight is 284 g/mol. The van der Waals surface area contributed by atoms with Gasteiger partial charge in [0.05, 0.1) is 5.02 Å². The zero-order valence-corrected chi connectivity index (χ0v) is 12.5. The molecule has 1 fully saturated rings. The number of nitrogens with one attached hydrogen (secondary N) is 1. The van der Waals surface area contributed by atoms with Crippen LogP contribution in [0.3, 0.4) is 0 Å². The minimum Gasteiger partial charge on any atom is -0.307 e. The molecule has 19 heavy (non-hydrogen) atoms. The van der Waals surface area contributed by atoms with Gasteiger partial charge < -0.3 is 5.32 Å². The van der Waals surface area contributed by atoms with Gasteiger partial charge in [0.2, 0.25) is 0 Å². The van der Waals surface area contributed by atoms with E-state index in [0.29, 0.717) is 6.04 Å². The maximum atomic E-state index is 13.2. The molecule has 0 aliphatic heterocycles. The van der Waals surface area contributed by atoms with Gasteiger partial charge in [0.25, 0.3) is 0 Å². The molecule has 1 aliphatic rings. The molecule has 106 valence electrons. The van der Waals surface area contributed by atoms with Crippen molar-refractivity contribution >= 4 is 11.6 Å². The molecule has 2 rings (SSSR count). The lowest BCUT2D eigenvalue weighted by Gasteiger charge is -2.31. The Balaban J connectivity index is 1.95. The third-order valence-corrected chi connectivity index (χ3v) is 4.60. The van der Waals surface area contributed by atoms with Crippen LogP contribution in [0.1, 0.15) is 57.6 Å². The molecular formula is C16H23ClFN. The molecular weight excluding hydrogens is 261 g/mol. The number of rotatable bonds is 4. The maximum Gasteiger partial charge on any atom is 0.141 e. The molecule has 0 bridgehead atoms. The number of halogens is 2. The Morgan fingerprint density at radius 2 is 1.89 bits per heavy atom. The van der Waals surface area contributed by atoms with Crippen molar-refractivity contribution in [2.45, 2.75) is 58.0 Å². The molecule has 1 saturated carbocycles. The highest BCUT2D eigenvalue weighted by atomic mass is 35.5. The first-order chi connectivity index (χ1) is 9.08. The van der Waals surface area contributed by atoms with Crippen LogP contribution in [0.25, 0.3) is 0 Å². The van der Waals surface area contributed by atoms with Gasteiger partial charge in [-0.3, -0.25) is 0 Å². The van der Waals surface area contributed by atoms with Gasteiger partial charge >= 0.3 is 0 Å². The molecule has 0 aromatic heterocycles. The first-order valence-corrected chi connectivity index (χ1v) is 7.66. The van der Waals surface area contributed by atoms with Crippen molar-refractivity contribution in [1.82, 2.24) is 5.32 Å². The normalized spacial score (nSPS) is 20.2. The summed E-state index contributed by atoms with van der Waals surface area (Å²) in [7, 11) is 0. The summed E-state index contributed by atoms with van der Waals surface area (Å²) in [5.74, 6) is 0.421. The third-order valence-electron chi connectivity index (χ3n) is 4.31. The molecule has 1 aliphatic carbocycles. The molecule has 3 heteroatoms. The molecule has 1 unspecified atom stereocenters. The second-order valence-electron chi connectivity index (χ2n) is 5.75. The van der Waals surface area contributed by atoms with Crippen molar-refractivity contribution in [3.8, 4) is 0 Å². The molecule has 1 aromatic rings. The number of benzene rings is 1. The van der Waals surface area contributed by atoms with Crippen LogP contribution in [0, 0.1) is 11.7 Å². The SMILES string of the molecule is CC(N[C@@H](C)C1CCCCC1)c1ccc(F)c(Cl)c1. The van der Waals surface area contributed by atoms with E-state index in [1.54, 1.807) is 6.07 Å². The Kier molecular flexibility index (Phi) is 5.23. The molecule has 2 atom stereocenters. The van der Waals surface area contributed by atoms with E-state index in [1.165, 1.54) is 38.2 Å². The minimum absolute atomic E-state index is 0.204. The van der Waals surface area contributed by atoms with Crippen molar-refractivity contribution in [3.05, 3.63) is 34.6 Å². The van der Waals surface area contributed by atoms with Gasteiger partial charge in [-0.05, 0) is 50.3 Å². The lowest BCUT2D eigenvalue weighted by Crippen LogP contribution is -2.36. The largest absolute Gasteiger partial charge is 0.307 e. The van der Waals surface area contributed by atoms with Crippen molar-refractivity contribution in [1.29, 1.82) is 0 Å². The van der Waals surface area contributed by atoms with Crippen LogP contribution < -0.4 is 5.32 Å². The molecule has 0 spiro atoms. The minimum atomic E-state index is -0.349. The van der Waals surface area contributed by atoms with Gasteiger partial charge in [0, 0.05) is 12.1 Å². The lowest BCUT2D eigenvalue weighted by atomic mass is 9.84. The second-order valence-corrected chi connectivity index (χ2v) is 6.16. The zero-order chi connectivity index (χ0) is 13.8. The van der Waals surface area contributed by atoms with E-state index in [9.17, 15) is 4.39 Å². The summed E-state index contributed by atoms with van der Waals surface area (Å²) in [6.07, 6.45) is 6.74. The predicted molar refractivity (Wildman–Crippen MR) is 79.0 cm³/mol. The summed E-state index contributed by atoms with van der Waals surface area (Å²) in [6, 6.07) is 5.68. The Hall–Kier alpha value is -0.600. The van der Waals surface area contributed by atoms with Gasteiger partial charge in [0.15, 0.2) is 0 Å². The summed E-state index contributed by atoms with van der Waals surface area (Å²) in [5.41, 5.74) is 1.05. The van der Waals surface area contributed by atoms with Crippen molar-refractivity contribution in [3.63, 3.8) is 0 Å². The number of hydrogen-bond donors (Lipinski definition) is 1. The first-order valence-electron chi connectivity index (χ1n) is 7.29. The first kappa shape index (κ1) is 14.8. The summed E-state index contributed by atoms with van der Waals surface area (Å²) in [6.45, 7) is 4.38.